The Morgan fingerprint density at radius 1 is 0.806 bits per heavy atom. The van der Waals surface area contributed by atoms with E-state index in [4.69, 9.17) is 17.3 Å². The van der Waals surface area contributed by atoms with Gasteiger partial charge in [0.05, 0.1) is 13.2 Å². The van der Waals surface area contributed by atoms with Crippen LogP contribution in [0.4, 0.5) is 5.95 Å². The van der Waals surface area contributed by atoms with Gasteiger partial charge < -0.3 is 4.90 Å². The summed E-state index contributed by atoms with van der Waals surface area (Å²) in [7, 11) is 0. The molecule has 4 heterocycles. The summed E-state index contributed by atoms with van der Waals surface area (Å²) in [5.74, 6) is 1.83. The SMILES string of the molecule is S=c1n(CN2CCN(c3ncccn3)CC2)nc(CN2CCCC2)n1-c1ccccc1. The lowest BCUT2D eigenvalue weighted by Gasteiger charge is -2.34. The van der Waals surface area contributed by atoms with Crippen molar-refractivity contribution in [2.24, 2.45) is 0 Å². The molecule has 31 heavy (non-hydrogen) atoms. The molecule has 0 atom stereocenters. The molecule has 1 aromatic carbocycles. The zero-order valence-corrected chi connectivity index (χ0v) is 18.5. The fraction of sp³-hybridized carbons (Fsp3) is 0.455. The van der Waals surface area contributed by atoms with Crippen LogP contribution in [-0.2, 0) is 13.2 Å². The van der Waals surface area contributed by atoms with E-state index in [1.54, 1.807) is 12.4 Å². The van der Waals surface area contributed by atoms with Gasteiger partial charge in [-0.05, 0) is 56.3 Å². The smallest absolute Gasteiger partial charge is 0.225 e. The molecule has 162 valence electrons. The van der Waals surface area contributed by atoms with E-state index in [1.165, 1.54) is 12.8 Å². The average molecular weight is 437 g/mol. The number of anilines is 1. The van der Waals surface area contributed by atoms with Gasteiger partial charge in [0, 0.05) is 44.3 Å². The Balaban J connectivity index is 1.33. The molecule has 0 N–H and O–H groups in total. The van der Waals surface area contributed by atoms with Crippen LogP contribution in [0.5, 0.6) is 0 Å². The molecule has 2 aliphatic rings. The van der Waals surface area contributed by atoms with E-state index in [-0.39, 0.29) is 0 Å². The highest BCUT2D eigenvalue weighted by Crippen LogP contribution is 2.18. The van der Waals surface area contributed by atoms with Gasteiger partial charge in [-0.3, -0.25) is 14.4 Å². The molecule has 2 aliphatic heterocycles. The zero-order chi connectivity index (χ0) is 21.0. The van der Waals surface area contributed by atoms with Crippen LogP contribution in [0.15, 0.2) is 48.8 Å². The maximum absolute atomic E-state index is 5.89. The maximum atomic E-state index is 5.89. The molecule has 2 fully saturated rings. The summed E-state index contributed by atoms with van der Waals surface area (Å²) in [4.78, 5) is 15.9. The van der Waals surface area contributed by atoms with Crippen molar-refractivity contribution in [2.45, 2.75) is 26.1 Å². The minimum absolute atomic E-state index is 0.704. The predicted molar refractivity (Wildman–Crippen MR) is 123 cm³/mol. The number of para-hydroxylation sites is 1. The first kappa shape index (κ1) is 20.3. The first-order chi connectivity index (χ1) is 15.3. The Bertz CT molecular complexity index is 1030. The summed E-state index contributed by atoms with van der Waals surface area (Å²) in [6.45, 7) is 7.48. The Hall–Kier alpha value is -2.62. The molecule has 0 spiro atoms. The molecule has 0 saturated carbocycles. The minimum Gasteiger partial charge on any atom is -0.338 e. The Kier molecular flexibility index (Phi) is 6.06. The third kappa shape index (κ3) is 4.53. The third-order valence-electron chi connectivity index (χ3n) is 6.03. The van der Waals surface area contributed by atoms with Crippen molar-refractivity contribution in [1.82, 2.24) is 34.1 Å². The highest BCUT2D eigenvalue weighted by Gasteiger charge is 2.22. The van der Waals surface area contributed by atoms with Crippen LogP contribution < -0.4 is 4.90 Å². The van der Waals surface area contributed by atoms with Gasteiger partial charge in [0.2, 0.25) is 10.7 Å². The second kappa shape index (κ2) is 9.25. The van der Waals surface area contributed by atoms with E-state index in [1.807, 2.05) is 16.8 Å². The van der Waals surface area contributed by atoms with Gasteiger partial charge in [0.1, 0.15) is 0 Å². The molecule has 3 aromatic rings. The largest absolute Gasteiger partial charge is 0.338 e. The molecule has 0 bridgehead atoms. The monoisotopic (exact) mass is 436 g/mol. The van der Waals surface area contributed by atoms with E-state index in [0.717, 1.165) is 68.0 Å². The summed E-state index contributed by atoms with van der Waals surface area (Å²) in [6, 6.07) is 12.2. The molecular formula is C22H28N8S. The summed E-state index contributed by atoms with van der Waals surface area (Å²) >= 11 is 5.89. The van der Waals surface area contributed by atoms with Crippen molar-refractivity contribution in [3.8, 4) is 5.69 Å². The van der Waals surface area contributed by atoms with Gasteiger partial charge in [-0.15, -0.1) is 0 Å². The molecule has 0 amide bonds. The Morgan fingerprint density at radius 3 is 2.23 bits per heavy atom. The van der Waals surface area contributed by atoms with Crippen molar-refractivity contribution < 1.29 is 0 Å². The van der Waals surface area contributed by atoms with Gasteiger partial charge in [-0.25, -0.2) is 14.6 Å². The number of likely N-dealkylation sites (tertiary alicyclic amines) is 1. The fourth-order valence-corrected chi connectivity index (χ4v) is 4.67. The molecule has 2 saturated heterocycles. The highest BCUT2D eigenvalue weighted by atomic mass is 32.1. The standard InChI is InChI=1S/C22H28N8S/c31-22-29(18-27-13-15-28(16-14-27)21-23-9-6-10-24-21)25-20(17-26-11-4-5-12-26)30(22)19-7-2-1-3-8-19/h1-3,6-10H,4-5,11-18H2. The van der Waals surface area contributed by atoms with E-state index in [9.17, 15) is 0 Å². The van der Waals surface area contributed by atoms with Gasteiger partial charge in [-0.1, -0.05) is 18.2 Å². The zero-order valence-electron chi connectivity index (χ0n) is 17.7. The first-order valence-electron chi connectivity index (χ1n) is 11.0. The maximum Gasteiger partial charge on any atom is 0.225 e. The van der Waals surface area contributed by atoms with E-state index in [2.05, 4.69) is 53.5 Å². The quantitative estimate of drug-likeness (QED) is 0.551. The van der Waals surface area contributed by atoms with Crippen LogP contribution in [0.1, 0.15) is 18.7 Å². The number of aromatic nitrogens is 5. The van der Waals surface area contributed by atoms with Crippen LogP contribution in [0, 0.1) is 4.77 Å². The number of piperazine rings is 1. The van der Waals surface area contributed by atoms with E-state index < -0.39 is 0 Å². The van der Waals surface area contributed by atoms with Crippen molar-refractivity contribution in [2.75, 3.05) is 44.2 Å². The van der Waals surface area contributed by atoms with Gasteiger partial charge in [-0.2, -0.15) is 5.10 Å². The van der Waals surface area contributed by atoms with Crippen LogP contribution in [-0.4, -0.2) is 73.4 Å². The number of benzene rings is 1. The van der Waals surface area contributed by atoms with Gasteiger partial charge in [0.15, 0.2) is 5.82 Å². The predicted octanol–water partition coefficient (Wildman–Crippen LogP) is 2.57. The van der Waals surface area contributed by atoms with E-state index >= 15 is 0 Å². The van der Waals surface area contributed by atoms with Crippen LogP contribution in [0.2, 0.25) is 0 Å². The molecule has 2 aromatic heterocycles. The molecule has 9 heteroatoms. The lowest BCUT2D eigenvalue weighted by molar-refractivity contribution is 0.192. The Labute approximate surface area is 187 Å². The van der Waals surface area contributed by atoms with Crippen molar-refractivity contribution in [1.29, 1.82) is 0 Å². The van der Waals surface area contributed by atoms with Gasteiger partial charge >= 0.3 is 0 Å². The average Bonchev–Trinajstić information content (AvgIpc) is 3.44. The molecular weight excluding hydrogens is 408 g/mol. The molecule has 5 rings (SSSR count). The number of hydrogen-bond donors (Lipinski definition) is 0. The number of hydrogen-bond acceptors (Lipinski definition) is 7. The van der Waals surface area contributed by atoms with Crippen LogP contribution in [0.3, 0.4) is 0 Å². The summed E-state index contributed by atoms with van der Waals surface area (Å²) in [5.41, 5.74) is 1.08. The molecule has 0 radical (unpaired) electrons. The van der Waals surface area contributed by atoms with Crippen molar-refractivity contribution in [3.05, 3.63) is 59.4 Å². The fourth-order valence-electron chi connectivity index (χ4n) is 4.36. The van der Waals surface area contributed by atoms with Gasteiger partial charge in [0.25, 0.3) is 0 Å². The van der Waals surface area contributed by atoms with Crippen LogP contribution >= 0.6 is 12.2 Å². The summed E-state index contributed by atoms with van der Waals surface area (Å²) < 4.78 is 4.89. The summed E-state index contributed by atoms with van der Waals surface area (Å²) in [5, 5.41) is 4.97. The number of rotatable bonds is 6. The highest BCUT2D eigenvalue weighted by molar-refractivity contribution is 7.71. The normalized spacial score (nSPS) is 18.0. The van der Waals surface area contributed by atoms with E-state index in [0.29, 0.717) is 6.67 Å². The number of nitrogens with zero attached hydrogens (tertiary/aromatic N) is 8. The van der Waals surface area contributed by atoms with Crippen LogP contribution in [0.25, 0.3) is 5.69 Å². The lowest BCUT2D eigenvalue weighted by atomic mass is 10.3. The topological polar surface area (TPSA) is 58.2 Å². The van der Waals surface area contributed by atoms with Crippen molar-refractivity contribution in [3.63, 3.8) is 0 Å². The Morgan fingerprint density at radius 2 is 1.52 bits per heavy atom. The molecule has 0 aliphatic carbocycles. The second-order valence-electron chi connectivity index (χ2n) is 8.15. The third-order valence-corrected chi connectivity index (χ3v) is 6.42. The van der Waals surface area contributed by atoms with Crippen molar-refractivity contribution >= 4 is 18.2 Å². The molecule has 0 unspecified atom stereocenters. The summed E-state index contributed by atoms with van der Waals surface area (Å²) in [6.07, 6.45) is 6.13. The second-order valence-corrected chi connectivity index (χ2v) is 8.51. The minimum atomic E-state index is 0.704. The molecule has 8 nitrogen and oxygen atoms in total. The first-order valence-corrected chi connectivity index (χ1v) is 11.4. The lowest BCUT2D eigenvalue weighted by Crippen LogP contribution is -2.47.